The number of amides is 1. The standard InChI is InChI=1S/C21H30F3N3O/c1-13(2)9-19(20(25)28)27(18-8-7-14-10-26-11-16(14)18)12-15-5-3-4-6-17(15)21(22,23)24/h3-6,13-14,16,18-19,26H,7-12H2,1-2H3,(H2,25,28)/t14?,16?,18?,19-/m0/s1. The summed E-state index contributed by atoms with van der Waals surface area (Å²) in [6.45, 7) is 5.89. The van der Waals surface area contributed by atoms with Gasteiger partial charge in [-0.15, -0.1) is 0 Å². The average molecular weight is 397 g/mol. The second kappa shape index (κ2) is 8.41. The van der Waals surface area contributed by atoms with Gasteiger partial charge in [0.15, 0.2) is 0 Å². The molecule has 1 saturated heterocycles. The summed E-state index contributed by atoms with van der Waals surface area (Å²) in [6.07, 6.45) is -1.94. The largest absolute Gasteiger partial charge is 0.416 e. The monoisotopic (exact) mass is 397 g/mol. The van der Waals surface area contributed by atoms with Gasteiger partial charge in [-0.05, 0) is 61.7 Å². The van der Waals surface area contributed by atoms with Crippen LogP contribution in [0.3, 0.4) is 0 Å². The highest BCUT2D eigenvalue weighted by Crippen LogP contribution is 2.40. The molecule has 1 saturated carbocycles. The zero-order valence-electron chi connectivity index (χ0n) is 16.5. The first-order chi connectivity index (χ1) is 13.2. The third kappa shape index (κ3) is 4.51. The number of rotatable bonds is 7. The summed E-state index contributed by atoms with van der Waals surface area (Å²) >= 11 is 0. The van der Waals surface area contributed by atoms with E-state index in [1.165, 1.54) is 12.1 Å². The number of nitrogens with two attached hydrogens (primary N) is 1. The molecule has 4 atom stereocenters. The Hall–Kier alpha value is -1.60. The minimum absolute atomic E-state index is 0.0672. The van der Waals surface area contributed by atoms with Crippen LogP contribution in [0.15, 0.2) is 24.3 Å². The van der Waals surface area contributed by atoms with Crippen LogP contribution in [-0.4, -0.2) is 36.0 Å². The van der Waals surface area contributed by atoms with Gasteiger partial charge in [-0.2, -0.15) is 13.2 Å². The minimum Gasteiger partial charge on any atom is -0.368 e. The van der Waals surface area contributed by atoms with Crippen molar-refractivity contribution in [1.29, 1.82) is 0 Å². The molecular formula is C21H30F3N3O. The molecular weight excluding hydrogens is 367 g/mol. The molecule has 1 amide bonds. The minimum atomic E-state index is -4.42. The van der Waals surface area contributed by atoms with E-state index in [1.54, 1.807) is 6.07 Å². The predicted molar refractivity (Wildman–Crippen MR) is 102 cm³/mol. The van der Waals surface area contributed by atoms with Crippen LogP contribution in [0.1, 0.15) is 44.2 Å². The van der Waals surface area contributed by atoms with Gasteiger partial charge in [0.1, 0.15) is 0 Å². The summed E-state index contributed by atoms with van der Waals surface area (Å²) in [5.41, 5.74) is 5.32. The van der Waals surface area contributed by atoms with E-state index in [0.717, 1.165) is 32.0 Å². The number of nitrogens with one attached hydrogen (secondary N) is 1. The van der Waals surface area contributed by atoms with Gasteiger partial charge in [-0.1, -0.05) is 32.0 Å². The second-order valence-corrected chi connectivity index (χ2v) is 8.60. The molecule has 0 bridgehead atoms. The Bertz CT molecular complexity index is 692. The summed E-state index contributed by atoms with van der Waals surface area (Å²) in [5.74, 6) is 0.648. The third-order valence-corrected chi connectivity index (χ3v) is 6.24. The molecule has 1 aliphatic carbocycles. The first kappa shape index (κ1) is 21.1. The molecule has 4 nitrogen and oxygen atoms in total. The lowest BCUT2D eigenvalue weighted by Gasteiger charge is -2.38. The highest BCUT2D eigenvalue weighted by atomic mass is 19.4. The smallest absolute Gasteiger partial charge is 0.368 e. The number of hydrogen-bond donors (Lipinski definition) is 2. The van der Waals surface area contributed by atoms with Crippen molar-refractivity contribution in [2.45, 2.75) is 57.9 Å². The quantitative estimate of drug-likeness (QED) is 0.741. The molecule has 7 heteroatoms. The molecule has 1 aromatic carbocycles. The lowest BCUT2D eigenvalue weighted by Crippen LogP contribution is -2.52. The molecule has 1 heterocycles. The molecule has 0 spiro atoms. The fourth-order valence-electron chi connectivity index (χ4n) is 4.98. The summed E-state index contributed by atoms with van der Waals surface area (Å²) < 4.78 is 40.6. The SMILES string of the molecule is CC(C)C[C@@H](C(N)=O)N(Cc1ccccc1C(F)(F)F)C1CCC2CNCC21. The maximum Gasteiger partial charge on any atom is 0.416 e. The van der Waals surface area contributed by atoms with Crippen LogP contribution in [0.5, 0.6) is 0 Å². The number of hydrogen-bond acceptors (Lipinski definition) is 3. The fourth-order valence-corrected chi connectivity index (χ4v) is 4.98. The van der Waals surface area contributed by atoms with Gasteiger partial charge in [0.05, 0.1) is 11.6 Å². The summed E-state index contributed by atoms with van der Waals surface area (Å²) in [4.78, 5) is 14.3. The van der Waals surface area contributed by atoms with Crippen LogP contribution in [0.4, 0.5) is 13.2 Å². The summed E-state index contributed by atoms with van der Waals surface area (Å²) in [6, 6.07) is 5.16. The number of carbonyl (C=O) groups excluding carboxylic acids is 1. The third-order valence-electron chi connectivity index (χ3n) is 6.24. The molecule has 2 fully saturated rings. The van der Waals surface area contributed by atoms with E-state index in [2.05, 4.69) is 5.32 Å². The number of alkyl halides is 3. The van der Waals surface area contributed by atoms with Gasteiger partial charge in [-0.25, -0.2) is 0 Å². The number of benzene rings is 1. The van der Waals surface area contributed by atoms with Gasteiger partial charge >= 0.3 is 6.18 Å². The molecule has 3 N–H and O–H groups in total. The van der Waals surface area contributed by atoms with Crippen molar-refractivity contribution in [3.8, 4) is 0 Å². The van der Waals surface area contributed by atoms with Crippen LogP contribution in [0.25, 0.3) is 0 Å². The second-order valence-electron chi connectivity index (χ2n) is 8.60. The topological polar surface area (TPSA) is 58.4 Å². The number of fused-ring (bicyclic) bond motifs is 1. The summed E-state index contributed by atoms with van der Waals surface area (Å²) in [7, 11) is 0. The van der Waals surface area contributed by atoms with Crippen molar-refractivity contribution in [3.63, 3.8) is 0 Å². The highest BCUT2D eigenvalue weighted by Gasteiger charge is 2.45. The van der Waals surface area contributed by atoms with E-state index in [9.17, 15) is 18.0 Å². The Morgan fingerprint density at radius 3 is 2.61 bits per heavy atom. The van der Waals surface area contributed by atoms with Crippen molar-refractivity contribution in [2.24, 2.45) is 23.5 Å². The average Bonchev–Trinajstić information content (AvgIpc) is 3.20. The predicted octanol–water partition coefficient (Wildman–Crippen LogP) is 3.41. The van der Waals surface area contributed by atoms with Crippen LogP contribution < -0.4 is 11.1 Å². The maximum atomic E-state index is 13.5. The van der Waals surface area contributed by atoms with E-state index < -0.39 is 23.7 Å². The lowest BCUT2D eigenvalue weighted by molar-refractivity contribution is -0.138. The molecule has 156 valence electrons. The first-order valence-corrected chi connectivity index (χ1v) is 10.1. The van der Waals surface area contributed by atoms with Gasteiger partial charge in [0, 0.05) is 12.6 Å². The van der Waals surface area contributed by atoms with Gasteiger partial charge in [0.2, 0.25) is 5.91 Å². The van der Waals surface area contributed by atoms with Crippen LogP contribution in [0.2, 0.25) is 0 Å². The zero-order valence-corrected chi connectivity index (χ0v) is 16.5. The lowest BCUT2D eigenvalue weighted by atomic mass is 9.92. The Balaban J connectivity index is 1.96. The van der Waals surface area contributed by atoms with Gasteiger partial charge < -0.3 is 11.1 Å². The van der Waals surface area contributed by atoms with Crippen LogP contribution >= 0.6 is 0 Å². The van der Waals surface area contributed by atoms with Crippen LogP contribution in [0, 0.1) is 17.8 Å². The van der Waals surface area contributed by atoms with Crippen molar-refractivity contribution >= 4 is 5.91 Å². The number of carbonyl (C=O) groups is 1. The Morgan fingerprint density at radius 2 is 1.96 bits per heavy atom. The van der Waals surface area contributed by atoms with Crippen molar-refractivity contribution in [1.82, 2.24) is 10.2 Å². The first-order valence-electron chi connectivity index (χ1n) is 10.1. The van der Waals surface area contributed by atoms with E-state index >= 15 is 0 Å². The highest BCUT2D eigenvalue weighted by molar-refractivity contribution is 5.80. The van der Waals surface area contributed by atoms with Crippen molar-refractivity contribution in [2.75, 3.05) is 13.1 Å². The zero-order chi connectivity index (χ0) is 20.5. The molecule has 2 aliphatic rings. The molecule has 3 unspecified atom stereocenters. The maximum absolute atomic E-state index is 13.5. The summed E-state index contributed by atoms with van der Waals surface area (Å²) in [5, 5.41) is 3.39. The molecule has 1 aliphatic heterocycles. The van der Waals surface area contributed by atoms with Crippen molar-refractivity contribution < 1.29 is 18.0 Å². The molecule has 1 aromatic rings. The van der Waals surface area contributed by atoms with E-state index in [4.69, 9.17) is 5.73 Å². The van der Waals surface area contributed by atoms with Gasteiger partial charge in [0.25, 0.3) is 0 Å². The number of halogens is 3. The van der Waals surface area contributed by atoms with E-state index in [0.29, 0.717) is 18.3 Å². The van der Waals surface area contributed by atoms with E-state index in [-0.39, 0.29) is 24.1 Å². The number of primary amides is 1. The Labute approximate surface area is 164 Å². The molecule has 28 heavy (non-hydrogen) atoms. The fraction of sp³-hybridized carbons (Fsp3) is 0.667. The molecule has 0 radical (unpaired) electrons. The normalized spacial score (nSPS) is 26.0. The van der Waals surface area contributed by atoms with Crippen LogP contribution in [-0.2, 0) is 17.5 Å². The van der Waals surface area contributed by atoms with Gasteiger partial charge in [-0.3, -0.25) is 9.69 Å². The molecule has 0 aromatic heterocycles. The van der Waals surface area contributed by atoms with Crippen molar-refractivity contribution in [3.05, 3.63) is 35.4 Å². The van der Waals surface area contributed by atoms with E-state index in [1.807, 2.05) is 18.7 Å². The number of nitrogens with zero attached hydrogens (tertiary/aromatic N) is 1. The molecule has 3 rings (SSSR count). The Morgan fingerprint density at radius 1 is 1.25 bits per heavy atom. The Kier molecular flexibility index (Phi) is 6.34.